The highest BCUT2D eigenvalue weighted by molar-refractivity contribution is 6.31. The highest BCUT2D eigenvalue weighted by Gasteiger charge is 2.01. The van der Waals surface area contributed by atoms with Crippen molar-refractivity contribution in [3.8, 4) is 0 Å². The maximum Gasteiger partial charge on any atom is 0.0453 e. The molecule has 96 valence electrons. The van der Waals surface area contributed by atoms with Gasteiger partial charge in [0.05, 0.1) is 0 Å². The summed E-state index contributed by atoms with van der Waals surface area (Å²) in [5, 5.41) is 4.27. The van der Waals surface area contributed by atoms with Crippen molar-refractivity contribution in [3.63, 3.8) is 0 Å². The van der Waals surface area contributed by atoms with E-state index >= 15 is 0 Å². The SMILES string of the molecule is Cc1ccc(CNCCCC(C)CCl)c(Cl)c1. The lowest BCUT2D eigenvalue weighted by Gasteiger charge is -2.09. The van der Waals surface area contributed by atoms with E-state index in [0.717, 1.165) is 30.4 Å². The van der Waals surface area contributed by atoms with Gasteiger partial charge in [-0.1, -0.05) is 30.7 Å². The quantitative estimate of drug-likeness (QED) is 0.574. The molecule has 17 heavy (non-hydrogen) atoms. The number of benzene rings is 1. The fourth-order valence-corrected chi connectivity index (χ4v) is 2.13. The van der Waals surface area contributed by atoms with Crippen LogP contribution in [0.15, 0.2) is 18.2 Å². The molecule has 1 aromatic carbocycles. The number of halogens is 2. The van der Waals surface area contributed by atoms with Crippen molar-refractivity contribution in [1.29, 1.82) is 0 Å². The molecular weight excluding hydrogens is 253 g/mol. The summed E-state index contributed by atoms with van der Waals surface area (Å²) in [5.74, 6) is 1.37. The minimum absolute atomic E-state index is 0.612. The van der Waals surface area contributed by atoms with Crippen LogP contribution >= 0.6 is 23.2 Å². The topological polar surface area (TPSA) is 12.0 Å². The molecule has 0 aliphatic carbocycles. The third-order valence-electron chi connectivity index (χ3n) is 2.84. The van der Waals surface area contributed by atoms with Crippen molar-refractivity contribution in [1.82, 2.24) is 5.32 Å². The van der Waals surface area contributed by atoms with Crippen LogP contribution in [0.25, 0.3) is 0 Å². The molecule has 0 spiro atoms. The highest BCUT2D eigenvalue weighted by Crippen LogP contribution is 2.17. The lowest BCUT2D eigenvalue weighted by Crippen LogP contribution is -2.16. The third-order valence-corrected chi connectivity index (χ3v) is 3.72. The van der Waals surface area contributed by atoms with Gasteiger partial charge in [-0.3, -0.25) is 0 Å². The molecule has 0 heterocycles. The Morgan fingerprint density at radius 1 is 1.35 bits per heavy atom. The monoisotopic (exact) mass is 273 g/mol. The molecule has 0 aromatic heterocycles. The zero-order chi connectivity index (χ0) is 12.7. The zero-order valence-corrected chi connectivity index (χ0v) is 12.1. The normalized spacial score (nSPS) is 12.7. The first-order valence-corrected chi connectivity index (χ1v) is 7.06. The Hall–Kier alpha value is -0.240. The number of nitrogens with one attached hydrogen (secondary N) is 1. The first-order chi connectivity index (χ1) is 8.13. The Morgan fingerprint density at radius 3 is 2.76 bits per heavy atom. The lowest BCUT2D eigenvalue weighted by molar-refractivity contribution is 0.531. The number of alkyl halides is 1. The van der Waals surface area contributed by atoms with Crippen LogP contribution in [0.2, 0.25) is 5.02 Å². The van der Waals surface area contributed by atoms with E-state index in [2.05, 4.69) is 31.3 Å². The predicted octanol–water partition coefficient (Wildman–Crippen LogP) is 4.39. The van der Waals surface area contributed by atoms with Crippen molar-refractivity contribution >= 4 is 23.2 Å². The molecule has 0 saturated heterocycles. The Morgan fingerprint density at radius 2 is 2.12 bits per heavy atom. The minimum Gasteiger partial charge on any atom is -0.313 e. The van der Waals surface area contributed by atoms with Crippen molar-refractivity contribution < 1.29 is 0 Å². The van der Waals surface area contributed by atoms with Crippen LogP contribution in [0.3, 0.4) is 0 Å². The van der Waals surface area contributed by atoms with Gasteiger partial charge in [-0.05, 0) is 49.4 Å². The maximum absolute atomic E-state index is 6.16. The van der Waals surface area contributed by atoms with Gasteiger partial charge in [0.1, 0.15) is 0 Å². The first-order valence-electron chi connectivity index (χ1n) is 6.15. The summed E-state index contributed by atoms with van der Waals surface area (Å²) in [4.78, 5) is 0. The Balaban J connectivity index is 2.22. The minimum atomic E-state index is 0.612. The van der Waals surface area contributed by atoms with Gasteiger partial charge < -0.3 is 5.32 Å². The fraction of sp³-hybridized carbons (Fsp3) is 0.571. The number of hydrogen-bond acceptors (Lipinski definition) is 1. The molecule has 0 bridgehead atoms. The molecule has 1 unspecified atom stereocenters. The molecule has 0 aliphatic heterocycles. The van der Waals surface area contributed by atoms with Gasteiger partial charge in [0.15, 0.2) is 0 Å². The van der Waals surface area contributed by atoms with Gasteiger partial charge in [-0.2, -0.15) is 0 Å². The second-order valence-electron chi connectivity index (χ2n) is 4.67. The Bertz CT molecular complexity index is 339. The van der Waals surface area contributed by atoms with E-state index in [9.17, 15) is 0 Å². The van der Waals surface area contributed by atoms with Crippen LogP contribution in [0.5, 0.6) is 0 Å². The molecule has 0 radical (unpaired) electrons. The van der Waals surface area contributed by atoms with E-state index in [4.69, 9.17) is 23.2 Å². The van der Waals surface area contributed by atoms with Gasteiger partial charge >= 0.3 is 0 Å². The van der Waals surface area contributed by atoms with E-state index in [1.165, 1.54) is 17.5 Å². The molecule has 1 atom stereocenters. The summed E-state index contributed by atoms with van der Waals surface area (Å²) in [6, 6.07) is 6.19. The Labute approximate surface area is 115 Å². The molecule has 1 rings (SSSR count). The predicted molar refractivity (Wildman–Crippen MR) is 77.0 cm³/mol. The van der Waals surface area contributed by atoms with Gasteiger partial charge in [0.25, 0.3) is 0 Å². The average Bonchev–Trinajstić information content (AvgIpc) is 2.30. The van der Waals surface area contributed by atoms with Gasteiger partial charge in [0.2, 0.25) is 0 Å². The fourth-order valence-electron chi connectivity index (χ4n) is 1.67. The van der Waals surface area contributed by atoms with Gasteiger partial charge in [-0.25, -0.2) is 0 Å². The first kappa shape index (κ1) is 14.8. The molecule has 0 amide bonds. The van der Waals surface area contributed by atoms with E-state index in [1.54, 1.807) is 0 Å². The van der Waals surface area contributed by atoms with Crippen molar-refractivity contribution in [2.75, 3.05) is 12.4 Å². The van der Waals surface area contributed by atoms with E-state index < -0.39 is 0 Å². The summed E-state index contributed by atoms with van der Waals surface area (Å²) in [7, 11) is 0. The maximum atomic E-state index is 6.16. The van der Waals surface area contributed by atoms with Crippen LogP contribution in [-0.4, -0.2) is 12.4 Å². The highest BCUT2D eigenvalue weighted by atomic mass is 35.5. The second kappa shape index (κ2) is 7.97. The molecule has 0 aliphatic rings. The number of aryl methyl sites for hydroxylation is 1. The third kappa shape index (κ3) is 5.76. The van der Waals surface area contributed by atoms with Crippen molar-refractivity contribution in [3.05, 3.63) is 34.3 Å². The second-order valence-corrected chi connectivity index (χ2v) is 5.39. The Kier molecular flexibility index (Phi) is 6.94. The van der Waals surface area contributed by atoms with E-state index in [0.29, 0.717) is 5.92 Å². The van der Waals surface area contributed by atoms with Crippen LogP contribution in [0.4, 0.5) is 0 Å². The van der Waals surface area contributed by atoms with Crippen LogP contribution < -0.4 is 5.32 Å². The van der Waals surface area contributed by atoms with Crippen molar-refractivity contribution in [2.24, 2.45) is 5.92 Å². The van der Waals surface area contributed by atoms with E-state index in [1.807, 2.05) is 6.07 Å². The van der Waals surface area contributed by atoms with E-state index in [-0.39, 0.29) is 0 Å². The summed E-state index contributed by atoms with van der Waals surface area (Å²) in [6.07, 6.45) is 2.34. The number of rotatable bonds is 7. The lowest BCUT2D eigenvalue weighted by atomic mass is 10.1. The largest absolute Gasteiger partial charge is 0.313 e. The molecule has 3 heteroatoms. The average molecular weight is 274 g/mol. The van der Waals surface area contributed by atoms with Gasteiger partial charge in [0, 0.05) is 17.4 Å². The standard InChI is InChI=1S/C14H21Cl2N/c1-11-5-6-13(14(16)8-11)10-17-7-3-4-12(2)9-15/h5-6,8,12,17H,3-4,7,9-10H2,1-2H3. The smallest absolute Gasteiger partial charge is 0.0453 e. The number of hydrogen-bond donors (Lipinski definition) is 1. The van der Waals surface area contributed by atoms with Crippen LogP contribution in [-0.2, 0) is 6.54 Å². The molecule has 0 saturated carbocycles. The molecule has 1 N–H and O–H groups in total. The van der Waals surface area contributed by atoms with Crippen LogP contribution in [0.1, 0.15) is 30.9 Å². The molecule has 0 fully saturated rings. The van der Waals surface area contributed by atoms with Gasteiger partial charge in [-0.15, -0.1) is 11.6 Å². The molecular formula is C14H21Cl2N. The summed E-state index contributed by atoms with van der Waals surface area (Å²) < 4.78 is 0. The summed E-state index contributed by atoms with van der Waals surface area (Å²) >= 11 is 11.9. The molecule has 1 aromatic rings. The summed E-state index contributed by atoms with van der Waals surface area (Å²) in [6.45, 7) is 6.10. The summed E-state index contributed by atoms with van der Waals surface area (Å²) in [5.41, 5.74) is 2.37. The zero-order valence-electron chi connectivity index (χ0n) is 10.6. The molecule has 1 nitrogen and oxygen atoms in total. The van der Waals surface area contributed by atoms with Crippen LogP contribution in [0, 0.1) is 12.8 Å². The van der Waals surface area contributed by atoms with Crippen molar-refractivity contribution in [2.45, 2.75) is 33.2 Å².